The summed E-state index contributed by atoms with van der Waals surface area (Å²) in [5, 5.41) is 37.2. The summed E-state index contributed by atoms with van der Waals surface area (Å²) in [6.07, 6.45) is -5.58. The Balaban J connectivity index is 1.92. The third kappa shape index (κ3) is 2.52. The van der Waals surface area contributed by atoms with Gasteiger partial charge in [0, 0.05) is 6.42 Å². The lowest BCUT2D eigenvalue weighted by molar-refractivity contribution is -0.420. The van der Waals surface area contributed by atoms with Crippen LogP contribution in [0.2, 0.25) is 0 Å². The molecule has 9 atom stereocenters. The number of hydrogen-bond donors (Lipinski definition) is 5. The number of carbonyl (C=O) groups is 1. The monoisotopic (exact) mass is 332 g/mol. The van der Waals surface area contributed by atoms with Gasteiger partial charge in [0.1, 0.15) is 18.3 Å². The van der Waals surface area contributed by atoms with E-state index >= 15 is 0 Å². The first-order chi connectivity index (χ1) is 10.8. The van der Waals surface area contributed by atoms with Crippen LogP contribution in [0.3, 0.4) is 0 Å². The molecule has 0 bridgehead atoms. The molecule has 2 aliphatic heterocycles. The first-order valence-corrected chi connectivity index (χ1v) is 7.78. The van der Waals surface area contributed by atoms with E-state index in [1.54, 1.807) is 21.0 Å². The van der Waals surface area contributed by atoms with E-state index < -0.39 is 60.5 Å². The summed E-state index contributed by atoms with van der Waals surface area (Å²) < 4.78 is 16.8. The molecule has 0 radical (unpaired) electrons. The van der Waals surface area contributed by atoms with Gasteiger partial charge in [0.05, 0.1) is 24.3 Å². The molecule has 23 heavy (non-hydrogen) atoms. The van der Waals surface area contributed by atoms with Crippen molar-refractivity contribution in [3.63, 3.8) is 0 Å². The second-order valence-electron chi connectivity index (χ2n) is 6.40. The Morgan fingerprint density at radius 1 is 1.09 bits per heavy atom. The highest BCUT2D eigenvalue weighted by molar-refractivity contribution is 5.87. The molecule has 2 saturated heterocycles. The molecule has 1 aliphatic carbocycles. The van der Waals surface area contributed by atoms with E-state index in [1.807, 2.05) is 0 Å². The maximum Gasteiger partial charge on any atom is 0.280 e. The quantitative estimate of drug-likeness (QED) is 0.361. The fourth-order valence-corrected chi connectivity index (χ4v) is 3.68. The molecule has 9 heteroatoms. The van der Waals surface area contributed by atoms with Gasteiger partial charge in [-0.2, -0.15) is 0 Å². The SMILES string of the molecule is CN[C@H]1[C@@H](O)[C@H]2O[C@H]3O[C@@H](C)CC(=O)[C@@]3(O)O[C@H]2[C@@H](NC)[C@H]1O. The lowest BCUT2D eigenvalue weighted by atomic mass is 9.80. The van der Waals surface area contributed by atoms with E-state index in [1.165, 1.54) is 0 Å². The molecule has 0 unspecified atom stereocenters. The van der Waals surface area contributed by atoms with Crippen molar-refractivity contribution in [1.29, 1.82) is 0 Å². The number of aliphatic hydroxyl groups excluding tert-OH is 2. The predicted molar refractivity (Wildman–Crippen MR) is 76.4 cm³/mol. The molecule has 5 N–H and O–H groups in total. The Kier molecular flexibility index (Phi) is 4.49. The Bertz CT molecular complexity index is 478. The van der Waals surface area contributed by atoms with Gasteiger partial charge in [-0.15, -0.1) is 0 Å². The number of rotatable bonds is 2. The largest absolute Gasteiger partial charge is 0.390 e. The van der Waals surface area contributed by atoms with Crippen molar-refractivity contribution >= 4 is 5.78 Å². The number of carbonyl (C=O) groups excluding carboxylic acids is 1. The van der Waals surface area contributed by atoms with Crippen LogP contribution < -0.4 is 10.6 Å². The first kappa shape index (κ1) is 17.2. The van der Waals surface area contributed by atoms with E-state index in [-0.39, 0.29) is 6.42 Å². The Morgan fingerprint density at radius 3 is 2.35 bits per heavy atom. The van der Waals surface area contributed by atoms with Crippen LogP contribution in [-0.4, -0.2) is 89.9 Å². The average Bonchev–Trinajstić information content (AvgIpc) is 2.49. The van der Waals surface area contributed by atoms with Crippen LogP contribution in [0.5, 0.6) is 0 Å². The van der Waals surface area contributed by atoms with Gasteiger partial charge >= 0.3 is 0 Å². The number of hydrogen-bond acceptors (Lipinski definition) is 9. The summed E-state index contributed by atoms with van der Waals surface area (Å²) in [6, 6.07) is -1.29. The summed E-state index contributed by atoms with van der Waals surface area (Å²) in [4.78, 5) is 12.2. The maximum atomic E-state index is 12.2. The second kappa shape index (κ2) is 6.01. The third-order valence-corrected chi connectivity index (χ3v) is 4.93. The number of nitrogens with one attached hydrogen (secondary N) is 2. The fraction of sp³-hybridized carbons (Fsp3) is 0.929. The molecule has 0 spiro atoms. The topological polar surface area (TPSA) is 130 Å². The minimum atomic E-state index is -2.23. The van der Waals surface area contributed by atoms with E-state index in [4.69, 9.17) is 14.2 Å². The molecule has 0 aromatic carbocycles. The smallest absolute Gasteiger partial charge is 0.280 e. The molecule has 9 nitrogen and oxygen atoms in total. The van der Waals surface area contributed by atoms with Gasteiger partial charge in [-0.3, -0.25) is 4.79 Å². The van der Waals surface area contributed by atoms with Crippen molar-refractivity contribution in [2.45, 2.75) is 68.0 Å². The molecule has 1 saturated carbocycles. The number of likely N-dealkylation sites (N-methyl/N-ethyl adjacent to an activating group) is 2. The number of Topliss-reactive ketones (excluding diaryl/α,β-unsaturated/α-hetero) is 1. The molecule has 0 amide bonds. The van der Waals surface area contributed by atoms with E-state index in [2.05, 4.69) is 10.6 Å². The van der Waals surface area contributed by atoms with Gasteiger partial charge in [0.25, 0.3) is 5.79 Å². The third-order valence-electron chi connectivity index (χ3n) is 4.93. The molecule has 2 heterocycles. The van der Waals surface area contributed by atoms with Gasteiger partial charge < -0.3 is 40.2 Å². The van der Waals surface area contributed by atoms with Crippen molar-refractivity contribution < 1.29 is 34.3 Å². The Morgan fingerprint density at radius 2 is 1.74 bits per heavy atom. The molecule has 0 aromatic rings. The predicted octanol–water partition coefficient (Wildman–Crippen LogP) is -2.93. The summed E-state index contributed by atoms with van der Waals surface area (Å²) in [5.41, 5.74) is 0. The Hall–Kier alpha value is -0.650. The standard InChI is InChI=1S/C14H24N2O7/c1-5-4-6(17)14(20)13(21-5)22-12-10(19)7(15-2)9(18)8(16-3)11(12)23-14/h5,7-13,15-16,18-20H,4H2,1-3H3/t5-,7+,8-,9-,10+,11-,12+,13+,14+/m0/s1. The van der Waals surface area contributed by atoms with Crippen LogP contribution in [0, 0.1) is 0 Å². The molecule has 3 fully saturated rings. The molecule has 132 valence electrons. The number of aliphatic hydroxyl groups is 3. The zero-order valence-electron chi connectivity index (χ0n) is 13.3. The van der Waals surface area contributed by atoms with Crippen LogP contribution in [0.25, 0.3) is 0 Å². The zero-order chi connectivity index (χ0) is 16.9. The number of ether oxygens (including phenoxy) is 3. The van der Waals surface area contributed by atoms with E-state index in [0.29, 0.717) is 0 Å². The van der Waals surface area contributed by atoms with Gasteiger partial charge in [-0.1, -0.05) is 0 Å². The molecule has 0 aromatic heterocycles. The van der Waals surface area contributed by atoms with Gasteiger partial charge in [-0.25, -0.2) is 0 Å². The van der Waals surface area contributed by atoms with E-state index in [9.17, 15) is 20.1 Å². The number of ketones is 1. The first-order valence-electron chi connectivity index (χ1n) is 7.78. The van der Waals surface area contributed by atoms with Crippen molar-refractivity contribution in [3.8, 4) is 0 Å². The highest BCUT2D eigenvalue weighted by Gasteiger charge is 2.63. The van der Waals surface area contributed by atoms with Crippen LogP contribution >= 0.6 is 0 Å². The normalized spacial score (nSPS) is 53.6. The second-order valence-corrected chi connectivity index (χ2v) is 6.40. The van der Waals surface area contributed by atoms with Crippen LogP contribution in [0.15, 0.2) is 0 Å². The Labute approximate surface area is 133 Å². The fourth-order valence-electron chi connectivity index (χ4n) is 3.68. The van der Waals surface area contributed by atoms with Crippen molar-refractivity contribution in [1.82, 2.24) is 10.6 Å². The number of fused-ring (bicyclic) bond motifs is 2. The van der Waals surface area contributed by atoms with Crippen LogP contribution in [0.1, 0.15) is 13.3 Å². The zero-order valence-corrected chi connectivity index (χ0v) is 13.3. The average molecular weight is 332 g/mol. The van der Waals surface area contributed by atoms with Gasteiger partial charge in [0.2, 0.25) is 6.29 Å². The van der Waals surface area contributed by atoms with E-state index in [0.717, 1.165) is 0 Å². The molecule has 3 rings (SSSR count). The van der Waals surface area contributed by atoms with Crippen molar-refractivity contribution in [3.05, 3.63) is 0 Å². The van der Waals surface area contributed by atoms with Crippen molar-refractivity contribution in [2.75, 3.05) is 14.1 Å². The summed E-state index contributed by atoms with van der Waals surface area (Å²) in [5.74, 6) is -2.76. The highest BCUT2D eigenvalue weighted by Crippen LogP contribution is 2.40. The molecular formula is C14H24N2O7. The lowest BCUT2D eigenvalue weighted by Gasteiger charge is -2.55. The van der Waals surface area contributed by atoms with Gasteiger partial charge in [0.15, 0.2) is 5.78 Å². The minimum absolute atomic E-state index is 0.00220. The van der Waals surface area contributed by atoms with Crippen molar-refractivity contribution in [2.24, 2.45) is 0 Å². The summed E-state index contributed by atoms with van der Waals surface area (Å²) >= 11 is 0. The molecule has 3 aliphatic rings. The summed E-state index contributed by atoms with van der Waals surface area (Å²) in [7, 11) is 3.24. The lowest BCUT2D eigenvalue weighted by Crippen LogP contribution is -2.77. The van der Waals surface area contributed by atoms with Gasteiger partial charge in [-0.05, 0) is 21.0 Å². The highest BCUT2D eigenvalue weighted by atomic mass is 16.8. The summed E-state index contributed by atoms with van der Waals surface area (Å²) in [6.45, 7) is 1.70. The maximum absolute atomic E-state index is 12.2. The minimum Gasteiger partial charge on any atom is -0.390 e. The molecular weight excluding hydrogens is 308 g/mol. The van der Waals surface area contributed by atoms with Crippen LogP contribution in [-0.2, 0) is 19.0 Å². The van der Waals surface area contributed by atoms with Crippen LogP contribution in [0.4, 0.5) is 0 Å².